The highest BCUT2D eigenvalue weighted by Crippen LogP contribution is 2.23. The Morgan fingerprint density at radius 1 is 1.35 bits per heavy atom. The SMILES string of the molecule is CSc1cc(N)nc(SCc2cc(C(C)=O)ccn2)n1. The van der Waals surface area contributed by atoms with Crippen LogP contribution in [-0.4, -0.2) is 27.0 Å². The van der Waals surface area contributed by atoms with E-state index in [1.807, 2.05) is 6.26 Å². The Morgan fingerprint density at radius 3 is 2.85 bits per heavy atom. The number of nitrogens with zero attached hydrogens (tertiary/aromatic N) is 3. The van der Waals surface area contributed by atoms with Crippen molar-refractivity contribution >= 4 is 35.1 Å². The number of carbonyl (C=O) groups excluding carboxylic acids is 1. The van der Waals surface area contributed by atoms with E-state index < -0.39 is 0 Å². The summed E-state index contributed by atoms with van der Waals surface area (Å²) in [6, 6.07) is 5.24. The van der Waals surface area contributed by atoms with E-state index in [2.05, 4.69) is 15.0 Å². The van der Waals surface area contributed by atoms with Crippen LogP contribution in [-0.2, 0) is 5.75 Å². The first-order valence-electron chi connectivity index (χ1n) is 5.85. The molecule has 0 aliphatic carbocycles. The van der Waals surface area contributed by atoms with Crippen LogP contribution in [0.1, 0.15) is 23.0 Å². The Morgan fingerprint density at radius 2 is 2.15 bits per heavy atom. The molecule has 0 unspecified atom stereocenters. The van der Waals surface area contributed by atoms with Gasteiger partial charge in [-0.2, -0.15) is 0 Å². The summed E-state index contributed by atoms with van der Waals surface area (Å²) >= 11 is 2.97. The number of hydrogen-bond donors (Lipinski definition) is 1. The van der Waals surface area contributed by atoms with Crippen LogP contribution in [0.15, 0.2) is 34.6 Å². The minimum Gasteiger partial charge on any atom is -0.384 e. The van der Waals surface area contributed by atoms with Gasteiger partial charge in [0.15, 0.2) is 10.9 Å². The second kappa shape index (κ2) is 6.71. The smallest absolute Gasteiger partial charge is 0.190 e. The third-order valence-corrected chi connectivity index (χ3v) is 3.99. The van der Waals surface area contributed by atoms with Crippen molar-refractivity contribution in [3.05, 3.63) is 35.7 Å². The molecule has 2 aromatic rings. The van der Waals surface area contributed by atoms with Crippen LogP contribution < -0.4 is 5.73 Å². The van der Waals surface area contributed by atoms with Crippen molar-refractivity contribution in [2.24, 2.45) is 0 Å². The number of aromatic nitrogens is 3. The minimum atomic E-state index is 0.0310. The molecule has 0 bridgehead atoms. The molecule has 0 aromatic carbocycles. The lowest BCUT2D eigenvalue weighted by molar-refractivity contribution is 0.101. The molecular weight excluding hydrogens is 292 g/mol. The zero-order valence-electron chi connectivity index (χ0n) is 11.2. The summed E-state index contributed by atoms with van der Waals surface area (Å²) < 4.78 is 0. The maximum Gasteiger partial charge on any atom is 0.190 e. The highest BCUT2D eigenvalue weighted by molar-refractivity contribution is 7.99. The number of nitrogen functional groups attached to an aromatic ring is 1. The quantitative estimate of drug-likeness (QED) is 0.393. The van der Waals surface area contributed by atoms with Crippen LogP contribution in [0.2, 0.25) is 0 Å². The van der Waals surface area contributed by atoms with E-state index in [9.17, 15) is 4.79 Å². The largest absolute Gasteiger partial charge is 0.384 e. The van der Waals surface area contributed by atoms with Crippen LogP contribution in [0.5, 0.6) is 0 Å². The summed E-state index contributed by atoms with van der Waals surface area (Å²) in [5, 5.41) is 1.45. The fourth-order valence-electron chi connectivity index (χ4n) is 1.50. The fraction of sp³-hybridized carbons (Fsp3) is 0.231. The lowest BCUT2D eigenvalue weighted by Gasteiger charge is -2.04. The number of rotatable bonds is 5. The van der Waals surface area contributed by atoms with E-state index in [4.69, 9.17) is 5.73 Å². The molecule has 2 aromatic heterocycles. The molecule has 0 spiro atoms. The van der Waals surface area contributed by atoms with Crippen molar-refractivity contribution in [1.29, 1.82) is 0 Å². The van der Waals surface area contributed by atoms with Gasteiger partial charge in [0.1, 0.15) is 10.8 Å². The molecule has 7 heteroatoms. The maximum absolute atomic E-state index is 11.3. The van der Waals surface area contributed by atoms with E-state index >= 15 is 0 Å². The van der Waals surface area contributed by atoms with E-state index in [1.54, 1.807) is 24.4 Å². The fourth-order valence-corrected chi connectivity index (χ4v) is 2.75. The van der Waals surface area contributed by atoms with Gasteiger partial charge in [-0.1, -0.05) is 11.8 Å². The van der Waals surface area contributed by atoms with Gasteiger partial charge < -0.3 is 5.73 Å². The molecular formula is C13H14N4OS2. The lowest BCUT2D eigenvalue weighted by atomic mass is 10.2. The number of pyridine rings is 1. The Hall–Kier alpha value is -1.60. The summed E-state index contributed by atoms with van der Waals surface area (Å²) in [5.74, 6) is 1.08. The van der Waals surface area contributed by atoms with Crippen molar-refractivity contribution < 1.29 is 4.79 Å². The van der Waals surface area contributed by atoms with Crippen LogP contribution in [0.4, 0.5) is 5.82 Å². The number of hydrogen-bond acceptors (Lipinski definition) is 7. The van der Waals surface area contributed by atoms with Crippen molar-refractivity contribution in [3.8, 4) is 0 Å². The molecule has 104 valence electrons. The molecule has 0 saturated heterocycles. The zero-order valence-corrected chi connectivity index (χ0v) is 12.8. The first-order valence-corrected chi connectivity index (χ1v) is 8.06. The highest BCUT2D eigenvalue weighted by Gasteiger charge is 2.06. The summed E-state index contributed by atoms with van der Waals surface area (Å²) in [7, 11) is 0. The molecule has 0 aliphatic heterocycles. The number of nitrogens with two attached hydrogens (primary N) is 1. The maximum atomic E-state index is 11.3. The summed E-state index contributed by atoms with van der Waals surface area (Å²) in [4.78, 5) is 24.1. The molecule has 0 fully saturated rings. The van der Waals surface area contributed by atoms with Crippen LogP contribution in [0.25, 0.3) is 0 Å². The summed E-state index contributed by atoms with van der Waals surface area (Å²) in [5.41, 5.74) is 7.21. The highest BCUT2D eigenvalue weighted by atomic mass is 32.2. The van der Waals surface area contributed by atoms with Gasteiger partial charge in [-0.05, 0) is 25.3 Å². The Bertz CT molecular complexity index is 634. The number of Topliss-reactive ketones (excluding diaryl/α,β-unsaturated/α-hetero) is 1. The monoisotopic (exact) mass is 306 g/mol. The topological polar surface area (TPSA) is 81.8 Å². The van der Waals surface area contributed by atoms with E-state index in [-0.39, 0.29) is 5.78 Å². The van der Waals surface area contributed by atoms with Gasteiger partial charge in [0.2, 0.25) is 0 Å². The van der Waals surface area contributed by atoms with E-state index in [0.717, 1.165) is 10.7 Å². The third kappa shape index (κ3) is 3.94. The molecule has 5 nitrogen and oxygen atoms in total. The third-order valence-electron chi connectivity index (χ3n) is 2.48. The Kier molecular flexibility index (Phi) is 4.97. The molecule has 2 rings (SSSR count). The normalized spacial score (nSPS) is 10.5. The van der Waals surface area contributed by atoms with Crippen molar-refractivity contribution in [2.45, 2.75) is 22.9 Å². The number of ketones is 1. The molecule has 2 heterocycles. The van der Waals surface area contributed by atoms with Gasteiger partial charge in [-0.15, -0.1) is 11.8 Å². The predicted octanol–water partition coefficient (Wildman–Crippen LogP) is 2.67. The summed E-state index contributed by atoms with van der Waals surface area (Å²) in [6.07, 6.45) is 3.58. The number of carbonyl (C=O) groups is 1. The van der Waals surface area contributed by atoms with Crippen molar-refractivity contribution in [2.75, 3.05) is 12.0 Å². The molecule has 0 aliphatic rings. The van der Waals surface area contributed by atoms with Crippen LogP contribution >= 0.6 is 23.5 Å². The average molecular weight is 306 g/mol. The number of thioether (sulfide) groups is 2. The van der Waals surface area contributed by atoms with Gasteiger partial charge >= 0.3 is 0 Å². The van der Waals surface area contributed by atoms with Gasteiger partial charge in [0.05, 0.1) is 5.69 Å². The van der Waals surface area contributed by atoms with Gasteiger partial charge in [-0.3, -0.25) is 9.78 Å². The van der Waals surface area contributed by atoms with Gasteiger partial charge in [0, 0.05) is 23.6 Å². The second-order valence-electron chi connectivity index (χ2n) is 4.00. The lowest BCUT2D eigenvalue weighted by Crippen LogP contribution is -1.98. The molecule has 2 N–H and O–H groups in total. The molecule has 0 amide bonds. The van der Waals surface area contributed by atoms with Crippen LogP contribution in [0.3, 0.4) is 0 Å². The van der Waals surface area contributed by atoms with Gasteiger partial charge in [0.25, 0.3) is 0 Å². The van der Waals surface area contributed by atoms with E-state index in [0.29, 0.717) is 22.3 Å². The molecule has 20 heavy (non-hydrogen) atoms. The first-order chi connectivity index (χ1) is 9.58. The van der Waals surface area contributed by atoms with Gasteiger partial charge in [-0.25, -0.2) is 9.97 Å². The van der Waals surface area contributed by atoms with Crippen molar-refractivity contribution in [1.82, 2.24) is 15.0 Å². The molecule has 0 atom stereocenters. The second-order valence-corrected chi connectivity index (χ2v) is 5.77. The first kappa shape index (κ1) is 14.8. The van der Waals surface area contributed by atoms with Crippen molar-refractivity contribution in [3.63, 3.8) is 0 Å². The van der Waals surface area contributed by atoms with E-state index in [1.165, 1.54) is 30.4 Å². The Balaban J connectivity index is 2.10. The van der Waals surface area contributed by atoms with Crippen LogP contribution in [0, 0.1) is 0 Å². The number of anilines is 1. The average Bonchev–Trinajstić information content (AvgIpc) is 2.44. The molecule has 0 radical (unpaired) electrons. The minimum absolute atomic E-state index is 0.0310. The Labute approximate surface area is 125 Å². The standard InChI is InChI=1S/C13H14N4OS2/c1-8(18)9-3-4-15-10(5-9)7-20-13-16-11(14)6-12(17-13)19-2/h3-6H,7H2,1-2H3,(H2,14,16,17). The predicted molar refractivity (Wildman–Crippen MR) is 82.0 cm³/mol. The summed E-state index contributed by atoms with van der Waals surface area (Å²) in [6.45, 7) is 1.54. The molecule has 0 saturated carbocycles. The zero-order chi connectivity index (χ0) is 14.5.